The zero-order valence-corrected chi connectivity index (χ0v) is 15.1. The summed E-state index contributed by atoms with van der Waals surface area (Å²) in [5, 5.41) is 0.625. The lowest BCUT2D eigenvalue weighted by molar-refractivity contribution is 0.103. The van der Waals surface area contributed by atoms with Crippen molar-refractivity contribution >= 4 is 17.4 Å². The van der Waals surface area contributed by atoms with E-state index in [1.165, 1.54) is 0 Å². The van der Waals surface area contributed by atoms with Crippen LogP contribution in [0.25, 0.3) is 0 Å². The molecule has 0 atom stereocenters. The van der Waals surface area contributed by atoms with Crippen LogP contribution in [0, 0.1) is 0 Å². The smallest absolute Gasteiger partial charge is 0.193 e. The Bertz CT molecular complexity index is 634. The van der Waals surface area contributed by atoms with E-state index < -0.39 is 0 Å². The maximum atomic E-state index is 12.4. The second-order valence-corrected chi connectivity index (χ2v) is 6.03. The minimum Gasteiger partial charge on any atom is -0.494 e. The summed E-state index contributed by atoms with van der Waals surface area (Å²) >= 11 is 5.85. The zero-order chi connectivity index (χ0) is 17.4. The number of carbonyl (C=O) groups excluding carboxylic acids is 1. The first kappa shape index (κ1) is 18.5. The third-order valence-electron chi connectivity index (χ3n) is 4.00. The van der Waals surface area contributed by atoms with Crippen molar-refractivity contribution in [1.29, 1.82) is 0 Å². The van der Waals surface area contributed by atoms with Gasteiger partial charge in [-0.25, -0.2) is 0 Å². The highest BCUT2D eigenvalue weighted by molar-refractivity contribution is 6.30. The molecule has 0 amide bonds. The van der Waals surface area contributed by atoms with Crippen LogP contribution in [0.3, 0.4) is 0 Å². The van der Waals surface area contributed by atoms with E-state index in [9.17, 15) is 4.79 Å². The van der Waals surface area contributed by atoms with E-state index >= 15 is 0 Å². The largest absolute Gasteiger partial charge is 0.494 e. The highest BCUT2D eigenvalue weighted by Crippen LogP contribution is 2.17. The fourth-order valence-electron chi connectivity index (χ4n) is 2.49. The van der Waals surface area contributed by atoms with Gasteiger partial charge in [-0.2, -0.15) is 0 Å². The maximum absolute atomic E-state index is 12.4. The lowest BCUT2D eigenvalue weighted by atomic mass is 10.0. The molecule has 4 heteroatoms. The lowest BCUT2D eigenvalue weighted by Crippen LogP contribution is -2.25. The van der Waals surface area contributed by atoms with Gasteiger partial charge < -0.3 is 9.64 Å². The Morgan fingerprint density at radius 3 is 2.04 bits per heavy atom. The highest BCUT2D eigenvalue weighted by atomic mass is 35.5. The molecule has 3 nitrogen and oxygen atoms in total. The minimum atomic E-state index is -0.0141. The second kappa shape index (κ2) is 9.45. The van der Waals surface area contributed by atoms with Gasteiger partial charge in [0, 0.05) is 22.7 Å². The van der Waals surface area contributed by atoms with Gasteiger partial charge in [-0.3, -0.25) is 4.79 Å². The summed E-state index contributed by atoms with van der Waals surface area (Å²) in [6.45, 7) is 8.19. The number of hydrogen-bond acceptors (Lipinski definition) is 3. The molecule has 0 aliphatic carbocycles. The van der Waals surface area contributed by atoms with E-state index in [0.717, 1.165) is 31.8 Å². The Kier molecular flexibility index (Phi) is 7.29. The van der Waals surface area contributed by atoms with Gasteiger partial charge in [0.25, 0.3) is 0 Å². The molecule has 0 aromatic heterocycles. The average molecular weight is 346 g/mol. The van der Waals surface area contributed by atoms with Crippen molar-refractivity contribution < 1.29 is 9.53 Å². The van der Waals surface area contributed by atoms with Gasteiger partial charge in [0.15, 0.2) is 5.78 Å². The lowest BCUT2D eigenvalue weighted by Gasteiger charge is -2.17. The Hall–Kier alpha value is -1.84. The van der Waals surface area contributed by atoms with Gasteiger partial charge in [-0.1, -0.05) is 25.4 Å². The second-order valence-electron chi connectivity index (χ2n) is 5.59. The number of nitrogens with zero attached hydrogens (tertiary/aromatic N) is 1. The van der Waals surface area contributed by atoms with Crippen LogP contribution < -0.4 is 4.74 Å². The summed E-state index contributed by atoms with van der Waals surface area (Å²) in [5.41, 5.74) is 1.28. The molecule has 0 fully saturated rings. The van der Waals surface area contributed by atoms with Gasteiger partial charge >= 0.3 is 0 Å². The standard InChI is InChI=1S/C20H24ClNO2/c1-3-22(4-2)14-5-15-24-19-12-8-17(9-13-19)20(23)16-6-10-18(21)11-7-16/h6-13H,3-5,14-15H2,1-2H3. The van der Waals surface area contributed by atoms with Crippen LogP contribution in [-0.4, -0.2) is 36.9 Å². The number of halogens is 1. The summed E-state index contributed by atoms with van der Waals surface area (Å²) in [6.07, 6.45) is 0.993. The van der Waals surface area contributed by atoms with Gasteiger partial charge in [0.05, 0.1) is 6.61 Å². The highest BCUT2D eigenvalue weighted by Gasteiger charge is 2.09. The molecular formula is C20H24ClNO2. The van der Waals surface area contributed by atoms with Crippen LogP contribution in [0.1, 0.15) is 36.2 Å². The number of rotatable bonds is 9. The van der Waals surface area contributed by atoms with E-state index in [2.05, 4.69) is 18.7 Å². The quantitative estimate of drug-likeness (QED) is 0.488. The third kappa shape index (κ3) is 5.36. The van der Waals surface area contributed by atoms with Crippen LogP contribution >= 0.6 is 11.6 Å². The molecule has 2 aromatic rings. The molecule has 24 heavy (non-hydrogen) atoms. The van der Waals surface area contributed by atoms with Crippen LogP contribution in [0.2, 0.25) is 5.02 Å². The first-order chi connectivity index (χ1) is 11.6. The Morgan fingerprint density at radius 2 is 1.50 bits per heavy atom. The first-order valence-electron chi connectivity index (χ1n) is 8.39. The molecule has 0 radical (unpaired) electrons. The molecule has 2 aromatic carbocycles. The molecule has 0 saturated carbocycles. The number of ketones is 1. The minimum absolute atomic E-state index is 0.0141. The van der Waals surface area contributed by atoms with E-state index in [4.69, 9.17) is 16.3 Å². The van der Waals surface area contributed by atoms with Gasteiger partial charge in [-0.15, -0.1) is 0 Å². The van der Waals surface area contributed by atoms with Gasteiger partial charge in [0.1, 0.15) is 5.75 Å². The van der Waals surface area contributed by atoms with Crippen LogP contribution in [0.15, 0.2) is 48.5 Å². The van der Waals surface area contributed by atoms with E-state index in [-0.39, 0.29) is 5.78 Å². The van der Waals surface area contributed by atoms with Crippen molar-refractivity contribution in [2.24, 2.45) is 0 Å². The predicted molar refractivity (Wildman–Crippen MR) is 99.2 cm³/mol. The molecule has 0 saturated heterocycles. The zero-order valence-electron chi connectivity index (χ0n) is 14.3. The van der Waals surface area contributed by atoms with Crippen molar-refractivity contribution in [2.75, 3.05) is 26.2 Å². The average Bonchev–Trinajstić information content (AvgIpc) is 2.62. The van der Waals surface area contributed by atoms with Gasteiger partial charge in [-0.05, 0) is 68.0 Å². The topological polar surface area (TPSA) is 29.5 Å². The van der Waals surface area contributed by atoms with Gasteiger partial charge in [0.2, 0.25) is 0 Å². The van der Waals surface area contributed by atoms with Crippen molar-refractivity contribution in [2.45, 2.75) is 20.3 Å². The number of carbonyl (C=O) groups is 1. The molecule has 0 N–H and O–H groups in total. The summed E-state index contributed by atoms with van der Waals surface area (Å²) in [7, 11) is 0. The van der Waals surface area contributed by atoms with Crippen LogP contribution in [-0.2, 0) is 0 Å². The molecular weight excluding hydrogens is 322 g/mol. The number of hydrogen-bond donors (Lipinski definition) is 0. The third-order valence-corrected chi connectivity index (χ3v) is 4.26. The molecule has 0 aliphatic rings. The van der Waals surface area contributed by atoms with Crippen molar-refractivity contribution in [3.05, 3.63) is 64.7 Å². The maximum Gasteiger partial charge on any atom is 0.193 e. The fraction of sp³-hybridized carbons (Fsp3) is 0.350. The molecule has 0 bridgehead atoms. The summed E-state index contributed by atoms with van der Waals surface area (Å²) in [4.78, 5) is 14.8. The Balaban J connectivity index is 1.86. The molecule has 0 unspecified atom stereocenters. The molecule has 0 heterocycles. The summed E-state index contributed by atoms with van der Waals surface area (Å²) in [6, 6.07) is 14.2. The van der Waals surface area contributed by atoms with Crippen molar-refractivity contribution in [3.63, 3.8) is 0 Å². The summed E-state index contributed by atoms with van der Waals surface area (Å²) in [5.74, 6) is 0.780. The van der Waals surface area contributed by atoms with E-state index in [0.29, 0.717) is 22.8 Å². The van der Waals surface area contributed by atoms with Crippen LogP contribution in [0.4, 0.5) is 0 Å². The van der Waals surface area contributed by atoms with Crippen molar-refractivity contribution in [3.8, 4) is 5.75 Å². The molecule has 128 valence electrons. The molecule has 2 rings (SSSR count). The normalized spacial score (nSPS) is 10.8. The SMILES string of the molecule is CCN(CC)CCCOc1ccc(C(=O)c2ccc(Cl)cc2)cc1. The van der Waals surface area contributed by atoms with E-state index in [1.54, 1.807) is 36.4 Å². The Morgan fingerprint density at radius 1 is 0.958 bits per heavy atom. The summed E-state index contributed by atoms with van der Waals surface area (Å²) < 4.78 is 5.75. The van der Waals surface area contributed by atoms with E-state index in [1.807, 2.05) is 12.1 Å². The number of ether oxygens (including phenoxy) is 1. The fourth-order valence-corrected chi connectivity index (χ4v) is 2.61. The monoisotopic (exact) mass is 345 g/mol. The molecule has 0 aliphatic heterocycles. The van der Waals surface area contributed by atoms with Crippen molar-refractivity contribution in [1.82, 2.24) is 4.90 Å². The predicted octanol–water partition coefficient (Wildman–Crippen LogP) is 4.68. The van der Waals surface area contributed by atoms with Crippen LogP contribution in [0.5, 0.6) is 5.75 Å². The molecule has 0 spiro atoms. The first-order valence-corrected chi connectivity index (χ1v) is 8.77. The number of benzene rings is 2. The Labute approximate surface area is 149 Å².